The number of fused-ring (bicyclic) bond motifs is 1. The Balaban J connectivity index is 1.95. The molecule has 1 heterocycles. The van der Waals surface area contributed by atoms with E-state index in [1.807, 2.05) is 42.5 Å². The van der Waals surface area contributed by atoms with Crippen molar-refractivity contribution in [2.75, 3.05) is 0 Å². The van der Waals surface area contributed by atoms with Gasteiger partial charge in [0.05, 0.1) is 0 Å². The van der Waals surface area contributed by atoms with Gasteiger partial charge in [-0.05, 0) is 46.4 Å². The van der Waals surface area contributed by atoms with Crippen LogP contribution in [-0.2, 0) is 16.6 Å². The minimum absolute atomic E-state index is 0.0660. The third-order valence-electron chi connectivity index (χ3n) is 3.98. The first-order valence-electron chi connectivity index (χ1n) is 7.65. The Morgan fingerprint density at radius 1 is 1.09 bits per heavy atom. The minimum atomic E-state index is -0.282. The lowest BCUT2D eigenvalue weighted by Gasteiger charge is -2.23. The molecule has 0 spiro atoms. The van der Waals surface area contributed by atoms with E-state index in [0.717, 1.165) is 11.1 Å². The average Bonchev–Trinajstić information content (AvgIpc) is 2.49. The van der Waals surface area contributed by atoms with Gasteiger partial charge in [-0.25, -0.2) is 4.79 Å². The topological polar surface area (TPSA) is 26.3 Å². The molecule has 0 fully saturated rings. The molecule has 0 amide bonds. The van der Waals surface area contributed by atoms with E-state index in [-0.39, 0.29) is 11.4 Å². The Labute approximate surface area is 141 Å². The summed E-state index contributed by atoms with van der Waals surface area (Å²) in [6.45, 7) is 6.52. The van der Waals surface area contributed by atoms with Crippen molar-refractivity contribution in [3.63, 3.8) is 0 Å². The van der Waals surface area contributed by atoms with Crippen molar-refractivity contribution in [2.45, 2.75) is 32.6 Å². The Bertz CT molecular complexity index is 780. The van der Waals surface area contributed by atoms with E-state index in [4.69, 9.17) is 16.3 Å². The molecule has 0 N–H and O–H groups in total. The zero-order valence-corrected chi connectivity index (χ0v) is 14.3. The van der Waals surface area contributed by atoms with E-state index in [9.17, 15) is 4.79 Å². The molecule has 0 atom stereocenters. The van der Waals surface area contributed by atoms with E-state index in [1.54, 1.807) is 0 Å². The number of rotatable bonds is 1. The second kappa shape index (κ2) is 5.86. The normalized spacial score (nSPS) is 16.2. The zero-order valence-electron chi connectivity index (χ0n) is 13.5. The number of hydrogen-bond acceptors (Lipinski definition) is 2. The number of ether oxygens (including phenoxy) is 1. The number of benzene rings is 2. The van der Waals surface area contributed by atoms with Crippen LogP contribution in [0.25, 0.3) is 6.08 Å². The summed E-state index contributed by atoms with van der Waals surface area (Å²) >= 11 is 5.90. The van der Waals surface area contributed by atoms with Crippen molar-refractivity contribution in [2.24, 2.45) is 0 Å². The number of halogens is 1. The van der Waals surface area contributed by atoms with Crippen molar-refractivity contribution >= 4 is 23.6 Å². The third-order valence-corrected chi connectivity index (χ3v) is 4.24. The van der Waals surface area contributed by atoms with Gasteiger partial charge in [0.15, 0.2) is 0 Å². The summed E-state index contributed by atoms with van der Waals surface area (Å²) in [7, 11) is 0. The van der Waals surface area contributed by atoms with Gasteiger partial charge in [-0.1, -0.05) is 56.6 Å². The first-order valence-corrected chi connectivity index (χ1v) is 8.02. The molecule has 0 unspecified atom stereocenters. The summed E-state index contributed by atoms with van der Waals surface area (Å²) in [4.78, 5) is 12.2. The maximum atomic E-state index is 12.2. The standard InChI is InChI=1S/C20H19ClO2/c1-20(2,3)16-6-9-18-14(12-16)11-15(19(22)23-18)10-13-4-7-17(21)8-5-13/h4-10,12H,11H2,1-3H3/b15-10+. The Morgan fingerprint density at radius 3 is 2.43 bits per heavy atom. The Kier molecular flexibility index (Phi) is 4.03. The van der Waals surface area contributed by atoms with Crippen LogP contribution in [0.3, 0.4) is 0 Å². The highest BCUT2D eigenvalue weighted by atomic mass is 35.5. The maximum Gasteiger partial charge on any atom is 0.339 e. The molecule has 118 valence electrons. The number of carbonyl (C=O) groups is 1. The van der Waals surface area contributed by atoms with Crippen molar-refractivity contribution < 1.29 is 9.53 Å². The second-order valence-corrected chi connectivity index (χ2v) is 7.30. The number of esters is 1. The fraction of sp³-hybridized carbons (Fsp3) is 0.250. The van der Waals surface area contributed by atoms with Crippen LogP contribution in [0.4, 0.5) is 0 Å². The van der Waals surface area contributed by atoms with Crippen LogP contribution in [0.1, 0.15) is 37.5 Å². The molecule has 0 saturated heterocycles. The highest BCUT2D eigenvalue weighted by molar-refractivity contribution is 6.30. The molecule has 23 heavy (non-hydrogen) atoms. The van der Waals surface area contributed by atoms with Crippen molar-refractivity contribution in [3.8, 4) is 5.75 Å². The van der Waals surface area contributed by atoms with Crippen molar-refractivity contribution in [1.82, 2.24) is 0 Å². The molecule has 0 bridgehead atoms. The molecule has 3 rings (SSSR count). The Hall–Kier alpha value is -2.06. The van der Waals surface area contributed by atoms with Crippen LogP contribution in [0.2, 0.25) is 5.02 Å². The van der Waals surface area contributed by atoms with Gasteiger partial charge in [0.25, 0.3) is 0 Å². The third kappa shape index (κ3) is 3.48. The molecular weight excluding hydrogens is 308 g/mol. The van der Waals surface area contributed by atoms with Gasteiger partial charge >= 0.3 is 5.97 Å². The summed E-state index contributed by atoms with van der Waals surface area (Å²) in [6.07, 6.45) is 2.45. The fourth-order valence-corrected chi connectivity index (χ4v) is 2.72. The van der Waals surface area contributed by atoms with Crippen molar-refractivity contribution in [3.05, 3.63) is 69.8 Å². The minimum Gasteiger partial charge on any atom is -0.423 e. The molecule has 2 aromatic rings. The molecule has 1 aliphatic heterocycles. The summed E-state index contributed by atoms with van der Waals surface area (Å²) in [5.74, 6) is 0.382. The fourth-order valence-electron chi connectivity index (χ4n) is 2.60. The van der Waals surface area contributed by atoms with Gasteiger partial charge in [0.1, 0.15) is 5.75 Å². The van der Waals surface area contributed by atoms with Crippen LogP contribution in [0.5, 0.6) is 5.75 Å². The number of hydrogen-bond donors (Lipinski definition) is 0. The van der Waals surface area contributed by atoms with Crippen LogP contribution in [0, 0.1) is 0 Å². The van der Waals surface area contributed by atoms with Gasteiger partial charge in [-0.2, -0.15) is 0 Å². The maximum absolute atomic E-state index is 12.2. The Morgan fingerprint density at radius 2 is 1.78 bits per heavy atom. The van der Waals surface area contributed by atoms with E-state index in [0.29, 0.717) is 22.8 Å². The lowest BCUT2D eigenvalue weighted by Crippen LogP contribution is -2.20. The van der Waals surface area contributed by atoms with Gasteiger partial charge in [-0.15, -0.1) is 0 Å². The first-order chi connectivity index (χ1) is 10.8. The smallest absolute Gasteiger partial charge is 0.339 e. The van der Waals surface area contributed by atoms with Crippen LogP contribution >= 0.6 is 11.6 Å². The van der Waals surface area contributed by atoms with E-state index in [2.05, 4.69) is 26.8 Å². The average molecular weight is 327 g/mol. The molecule has 2 aromatic carbocycles. The molecule has 0 aliphatic carbocycles. The summed E-state index contributed by atoms with van der Waals surface area (Å²) in [6, 6.07) is 13.5. The molecule has 2 nitrogen and oxygen atoms in total. The van der Waals surface area contributed by atoms with Crippen molar-refractivity contribution in [1.29, 1.82) is 0 Å². The lowest BCUT2D eigenvalue weighted by molar-refractivity contribution is -0.130. The van der Waals surface area contributed by atoms with Crippen LogP contribution in [0.15, 0.2) is 48.0 Å². The quantitative estimate of drug-likeness (QED) is 0.410. The van der Waals surface area contributed by atoms with E-state index < -0.39 is 0 Å². The highest BCUT2D eigenvalue weighted by Gasteiger charge is 2.24. The van der Waals surface area contributed by atoms with Gasteiger partial charge in [0, 0.05) is 17.0 Å². The predicted octanol–water partition coefficient (Wildman–Crippen LogP) is 5.18. The monoisotopic (exact) mass is 326 g/mol. The van der Waals surface area contributed by atoms with E-state index >= 15 is 0 Å². The van der Waals surface area contributed by atoms with Gasteiger partial charge < -0.3 is 4.74 Å². The molecule has 0 saturated carbocycles. The first kappa shape index (κ1) is 15.8. The highest BCUT2D eigenvalue weighted by Crippen LogP contribution is 2.33. The lowest BCUT2D eigenvalue weighted by atomic mass is 9.85. The van der Waals surface area contributed by atoms with Gasteiger partial charge in [-0.3, -0.25) is 0 Å². The largest absolute Gasteiger partial charge is 0.423 e. The van der Waals surface area contributed by atoms with Crippen LogP contribution < -0.4 is 4.74 Å². The SMILES string of the molecule is CC(C)(C)c1ccc2c(c1)C/C(=C\c1ccc(Cl)cc1)C(=O)O2. The molecule has 0 radical (unpaired) electrons. The van der Waals surface area contributed by atoms with E-state index in [1.165, 1.54) is 5.56 Å². The van der Waals surface area contributed by atoms with Crippen LogP contribution in [-0.4, -0.2) is 5.97 Å². The molecular formula is C20H19ClO2. The number of carbonyl (C=O) groups excluding carboxylic acids is 1. The molecule has 1 aliphatic rings. The summed E-state index contributed by atoms with van der Waals surface area (Å²) < 4.78 is 5.47. The predicted molar refractivity (Wildman–Crippen MR) is 93.9 cm³/mol. The molecule has 0 aromatic heterocycles. The molecule has 3 heteroatoms. The summed E-state index contributed by atoms with van der Waals surface area (Å²) in [5.41, 5.74) is 3.95. The second-order valence-electron chi connectivity index (χ2n) is 6.86. The summed E-state index contributed by atoms with van der Waals surface area (Å²) in [5, 5.41) is 0.679. The zero-order chi connectivity index (χ0) is 16.6. The van der Waals surface area contributed by atoms with Gasteiger partial charge in [0.2, 0.25) is 0 Å².